The summed E-state index contributed by atoms with van der Waals surface area (Å²) in [6.07, 6.45) is 0. The van der Waals surface area contributed by atoms with Gasteiger partial charge in [0.15, 0.2) is 5.76 Å². The lowest BCUT2D eigenvalue weighted by molar-refractivity contribution is 0.414. The highest BCUT2D eigenvalue weighted by molar-refractivity contribution is 9.10. The predicted octanol–water partition coefficient (Wildman–Crippen LogP) is 3.82. The average Bonchev–Trinajstić information content (AvgIpc) is 2.71. The van der Waals surface area contributed by atoms with E-state index in [2.05, 4.69) is 20.9 Å². The molecule has 0 amide bonds. The van der Waals surface area contributed by atoms with Crippen molar-refractivity contribution in [3.8, 4) is 17.1 Å². The van der Waals surface area contributed by atoms with Crippen LogP contribution in [0.25, 0.3) is 11.3 Å². The Morgan fingerprint density at radius 1 is 1.39 bits per heavy atom. The van der Waals surface area contributed by atoms with Crippen molar-refractivity contribution in [3.63, 3.8) is 0 Å². The lowest BCUT2D eigenvalue weighted by Crippen LogP contribution is -1.93. The van der Waals surface area contributed by atoms with Crippen LogP contribution in [0, 0.1) is 0 Å². The van der Waals surface area contributed by atoms with Crippen molar-refractivity contribution < 1.29 is 9.15 Å². The van der Waals surface area contributed by atoms with Gasteiger partial charge in [-0.25, -0.2) is 0 Å². The molecule has 1 aromatic carbocycles. The molecule has 0 aliphatic rings. The van der Waals surface area contributed by atoms with Crippen LogP contribution in [0.15, 0.2) is 27.1 Å². The fourth-order valence-corrected chi connectivity index (χ4v) is 2.15. The van der Waals surface area contributed by atoms with Crippen LogP contribution in [-0.2, 0) is 0 Å². The third-order valence-electron chi connectivity index (χ3n) is 2.62. The van der Waals surface area contributed by atoms with Crippen LogP contribution in [0.4, 0.5) is 6.01 Å². The first-order chi connectivity index (χ1) is 8.52. The Kier molecular flexibility index (Phi) is 3.61. The van der Waals surface area contributed by atoms with E-state index in [1.807, 2.05) is 32.0 Å². The summed E-state index contributed by atoms with van der Waals surface area (Å²) in [7, 11) is 1.63. The van der Waals surface area contributed by atoms with Crippen LogP contribution in [0.5, 0.6) is 5.75 Å². The van der Waals surface area contributed by atoms with E-state index in [1.54, 1.807) is 7.11 Å². The number of methoxy groups -OCH3 is 1. The second kappa shape index (κ2) is 5.02. The predicted molar refractivity (Wildman–Crippen MR) is 74.7 cm³/mol. The normalized spacial score (nSPS) is 10.9. The number of rotatable bonds is 3. The molecule has 1 aromatic heterocycles. The third-order valence-corrected chi connectivity index (χ3v) is 3.12. The molecule has 96 valence electrons. The van der Waals surface area contributed by atoms with E-state index in [9.17, 15) is 0 Å². The van der Waals surface area contributed by atoms with Crippen LogP contribution in [0.2, 0.25) is 0 Å². The number of benzene rings is 1. The molecule has 1 heterocycles. The molecule has 0 fully saturated rings. The SMILES string of the molecule is COc1ccc(Br)cc1-c1oc(N)nc1C(C)C. The van der Waals surface area contributed by atoms with Crippen molar-refractivity contribution in [2.24, 2.45) is 0 Å². The molecule has 0 saturated heterocycles. The summed E-state index contributed by atoms with van der Waals surface area (Å²) < 4.78 is 11.8. The zero-order valence-corrected chi connectivity index (χ0v) is 12.1. The molecule has 4 nitrogen and oxygen atoms in total. The van der Waals surface area contributed by atoms with Crippen LogP contribution in [0.3, 0.4) is 0 Å². The van der Waals surface area contributed by atoms with Crippen LogP contribution >= 0.6 is 15.9 Å². The number of oxazole rings is 1. The molecule has 0 aliphatic heterocycles. The summed E-state index contributed by atoms with van der Waals surface area (Å²) in [5.41, 5.74) is 7.34. The Morgan fingerprint density at radius 3 is 2.72 bits per heavy atom. The largest absolute Gasteiger partial charge is 0.496 e. The molecular weight excluding hydrogens is 296 g/mol. The van der Waals surface area contributed by atoms with E-state index in [4.69, 9.17) is 14.9 Å². The molecule has 2 aromatic rings. The minimum atomic E-state index is 0.177. The van der Waals surface area contributed by atoms with Gasteiger partial charge in [0, 0.05) is 4.47 Å². The van der Waals surface area contributed by atoms with Gasteiger partial charge in [0.1, 0.15) is 5.75 Å². The van der Waals surface area contributed by atoms with Crippen molar-refractivity contribution >= 4 is 21.9 Å². The van der Waals surface area contributed by atoms with Crippen LogP contribution in [-0.4, -0.2) is 12.1 Å². The monoisotopic (exact) mass is 310 g/mol. The standard InChI is InChI=1S/C13H15BrN2O2/c1-7(2)11-12(18-13(15)16-11)9-6-8(14)4-5-10(9)17-3/h4-7H,1-3H3,(H2,15,16). The van der Waals surface area contributed by atoms with Crippen molar-refractivity contribution in [1.82, 2.24) is 4.98 Å². The third kappa shape index (κ3) is 2.36. The average molecular weight is 311 g/mol. The van der Waals surface area contributed by atoms with Crippen LogP contribution < -0.4 is 10.5 Å². The molecule has 0 saturated carbocycles. The summed E-state index contributed by atoms with van der Waals surface area (Å²) in [5, 5.41) is 0. The summed E-state index contributed by atoms with van der Waals surface area (Å²) in [6.45, 7) is 4.09. The first kappa shape index (κ1) is 13.0. The summed E-state index contributed by atoms with van der Waals surface area (Å²) in [4.78, 5) is 4.23. The van der Waals surface area contributed by atoms with Gasteiger partial charge in [-0.15, -0.1) is 0 Å². The molecule has 0 radical (unpaired) electrons. The fourth-order valence-electron chi connectivity index (χ4n) is 1.79. The number of hydrogen-bond donors (Lipinski definition) is 1. The summed E-state index contributed by atoms with van der Waals surface area (Å²) >= 11 is 3.44. The topological polar surface area (TPSA) is 61.3 Å². The number of ether oxygens (including phenoxy) is 1. The van der Waals surface area contributed by atoms with Crippen molar-refractivity contribution in [2.75, 3.05) is 12.8 Å². The van der Waals surface area contributed by atoms with Crippen molar-refractivity contribution in [1.29, 1.82) is 0 Å². The zero-order valence-electron chi connectivity index (χ0n) is 10.5. The van der Waals surface area contributed by atoms with E-state index in [0.29, 0.717) is 5.76 Å². The highest BCUT2D eigenvalue weighted by atomic mass is 79.9. The van der Waals surface area contributed by atoms with Gasteiger partial charge in [-0.1, -0.05) is 29.8 Å². The molecule has 0 aliphatic carbocycles. The summed E-state index contributed by atoms with van der Waals surface area (Å²) in [5.74, 6) is 1.63. The Bertz CT molecular complexity index is 564. The maximum Gasteiger partial charge on any atom is 0.292 e. The van der Waals surface area contributed by atoms with E-state index in [1.165, 1.54) is 0 Å². The molecule has 0 bridgehead atoms. The second-order valence-electron chi connectivity index (χ2n) is 4.27. The van der Waals surface area contributed by atoms with E-state index in [-0.39, 0.29) is 11.9 Å². The fraction of sp³-hybridized carbons (Fsp3) is 0.308. The number of anilines is 1. The molecular formula is C13H15BrN2O2. The maximum absolute atomic E-state index is 5.65. The van der Waals surface area contributed by atoms with Crippen LogP contribution in [0.1, 0.15) is 25.5 Å². The van der Waals surface area contributed by atoms with E-state index >= 15 is 0 Å². The number of aromatic nitrogens is 1. The minimum Gasteiger partial charge on any atom is -0.496 e. The van der Waals surface area contributed by atoms with Gasteiger partial charge in [0.25, 0.3) is 6.01 Å². The molecule has 0 unspecified atom stereocenters. The van der Waals surface area contributed by atoms with Gasteiger partial charge in [-0.05, 0) is 24.1 Å². The van der Waals surface area contributed by atoms with Crippen molar-refractivity contribution in [2.45, 2.75) is 19.8 Å². The first-order valence-electron chi connectivity index (χ1n) is 5.63. The van der Waals surface area contributed by atoms with Crippen molar-refractivity contribution in [3.05, 3.63) is 28.4 Å². The minimum absolute atomic E-state index is 0.177. The van der Waals surface area contributed by atoms with Gasteiger partial charge >= 0.3 is 0 Å². The van der Waals surface area contributed by atoms with Gasteiger partial charge in [0.05, 0.1) is 18.4 Å². The molecule has 2 rings (SSSR count). The number of nitrogens with zero attached hydrogens (tertiary/aromatic N) is 1. The quantitative estimate of drug-likeness (QED) is 0.936. The maximum atomic E-state index is 5.65. The van der Waals surface area contributed by atoms with Gasteiger partial charge in [-0.3, -0.25) is 0 Å². The lowest BCUT2D eigenvalue weighted by Gasteiger charge is -2.09. The second-order valence-corrected chi connectivity index (χ2v) is 5.18. The van der Waals surface area contributed by atoms with Gasteiger partial charge in [-0.2, -0.15) is 4.98 Å². The zero-order chi connectivity index (χ0) is 13.3. The number of nitrogen functional groups attached to an aromatic ring is 1. The molecule has 0 spiro atoms. The van der Waals surface area contributed by atoms with E-state index < -0.39 is 0 Å². The Hall–Kier alpha value is -1.49. The first-order valence-corrected chi connectivity index (χ1v) is 6.42. The number of nitrogens with two attached hydrogens (primary N) is 1. The molecule has 5 heteroatoms. The lowest BCUT2D eigenvalue weighted by atomic mass is 10.0. The smallest absolute Gasteiger partial charge is 0.292 e. The number of halogens is 1. The Morgan fingerprint density at radius 2 is 2.11 bits per heavy atom. The number of hydrogen-bond acceptors (Lipinski definition) is 4. The molecule has 0 atom stereocenters. The highest BCUT2D eigenvalue weighted by Gasteiger charge is 2.20. The molecule has 2 N–H and O–H groups in total. The molecule has 18 heavy (non-hydrogen) atoms. The Balaban J connectivity index is 2.64. The highest BCUT2D eigenvalue weighted by Crippen LogP contribution is 2.38. The summed E-state index contributed by atoms with van der Waals surface area (Å²) in [6, 6.07) is 5.90. The Labute approximate surface area is 114 Å². The van der Waals surface area contributed by atoms with Gasteiger partial charge < -0.3 is 14.9 Å². The van der Waals surface area contributed by atoms with E-state index in [0.717, 1.165) is 21.5 Å². The van der Waals surface area contributed by atoms with Gasteiger partial charge in [0.2, 0.25) is 0 Å².